The number of amides is 2. The Labute approximate surface area is 231 Å². The van der Waals surface area contributed by atoms with Gasteiger partial charge >= 0.3 is 0 Å². The maximum atomic E-state index is 13.4. The second-order valence-corrected chi connectivity index (χ2v) is 10.5. The molecule has 1 aromatic heterocycles. The SMILES string of the molecule is COc1ccc(C(C)=O)cc1CSc1nc2ccccc2c(=O)n1CCCC(=O)NCCCN1CCCC1=O. The molecular formula is C29H34N4O5S. The highest BCUT2D eigenvalue weighted by atomic mass is 32.2. The quantitative estimate of drug-likeness (QED) is 0.149. The normalized spacial score (nSPS) is 13.2. The van der Waals surface area contributed by atoms with Crippen LogP contribution in [-0.4, -0.2) is 58.8 Å². The van der Waals surface area contributed by atoms with Gasteiger partial charge in [0.05, 0.1) is 18.0 Å². The Hall–Kier alpha value is -3.66. The molecular weight excluding hydrogens is 516 g/mol. The fraction of sp³-hybridized carbons (Fsp3) is 0.414. The van der Waals surface area contributed by atoms with Crippen LogP contribution < -0.4 is 15.6 Å². The molecule has 3 aromatic rings. The summed E-state index contributed by atoms with van der Waals surface area (Å²) in [6.07, 6.45) is 3.01. The van der Waals surface area contributed by atoms with Crippen LogP contribution in [0.15, 0.2) is 52.4 Å². The highest BCUT2D eigenvalue weighted by molar-refractivity contribution is 7.98. The molecule has 0 bridgehead atoms. The van der Waals surface area contributed by atoms with E-state index >= 15 is 0 Å². The second-order valence-electron chi connectivity index (χ2n) is 9.53. The summed E-state index contributed by atoms with van der Waals surface area (Å²) in [5, 5.41) is 3.99. The van der Waals surface area contributed by atoms with Crippen molar-refractivity contribution in [2.75, 3.05) is 26.7 Å². The number of hydrogen-bond donors (Lipinski definition) is 1. The number of fused-ring (bicyclic) bond motifs is 1. The highest BCUT2D eigenvalue weighted by Crippen LogP contribution is 2.29. The number of nitrogens with zero attached hydrogens (tertiary/aromatic N) is 3. The maximum Gasteiger partial charge on any atom is 0.262 e. The molecule has 0 atom stereocenters. The molecule has 39 heavy (non-hydrogen) atoms. The van der Waals surface area contributed by atoms with Crippen LogP contribution in [-0.2, 0) is 21.9 Å². The van der Waals surface area contributed by atoms with Crippen LogP contribution in [0.1, 0.15) is 54.9 Å². The summed E-state index contributed by atoms with van der Waals surface area (Å²) in [6, 6.07) is 12.5. The van der Waals surface area contributed by atoms with Crippen molar-refractivity contribution in [1.82, 2.24) is 19.8 Å². The van der Waals surface area contributed by atoms with E-state index in [4.69, 9.17) is 9.72 Å². The molecule has 1 N–H and O–H groups in total. The van der Waals surface area contributed by atoms with Crippen molar-refractivity contribution in [1.29, 1.82) is 0 Å². The molecule has 4 rings (SSSR count). The fourth-order valence-electron chi connectivity index (χ4n) is 4.63. The Kier molecular flexibility index (Phi) is 9.75. The van der Waals surface area contributed by atoms with E-state index in [0.717, 1.165) is 24.9 Å². The van der Waals surface area contributed by atoms with E-state index in [0.29, 0.717) is 65.6 Å². The average molecular weight is 551 g/mol. The van der Waals surface area contributed by atoms with Crippen LogP contribution >= 0.6 is 11.8 Å². The first kappa shape index (κ1) is 28.4. The van der Waals surface area contributed by atoms with E-state index < -0.39 is 0 Å². The summed E-state index contributed by atoms with van der Waals surface area (Å²) in [7, 11) is 1.58. The van der Waals surface area contributed by atoms with Crippen LogP contribution in [0.3, 0.4) is 0 Å². The number of hydrogen-bond acceptors (Lipinski definition) is 7. The Morgan fingerprint density at radius 2 is 1.92 bits per heavy atom. The van der Waals surface area contributed by atoms with Crippen molar-refractivity contribution in [3.8, 4) is 5.75 Å². The number of benzene rings is 2. The van der Waals surface area contributed by atoms with Gasteiger partial charge in [-0.1, -0.05) is 23.9 Å². The minimum atomic E-state index is -0.150. The van der Waals surface area contributed by atoms with Crippen molar-refractivity contribution in [2.45, 2.75) is 56.5 Å². The second kappa shape index (κ2) is 13.4. The summed E-state index contributed by atoms with van der Waals surface area (Å²) in [5.74, 6) is 1.19. The maximum absolute atomic E-state index is 13.4. The average Bonchev–Trinajstić information content (AvgIpc) is 3.35. The molecule has 0 spiro atoms. The van der Waals surface area contributed by atoms with Gasteiger partial charge in [-0.25, -0.2) is 4.98 Å². The standard InChI is InChI=1S/C29H34N4O5S/c1-20(34)21-12-13-25(38-2)22(18-21)19-39-29-31-24-9-4-3-8-23(24)28(37)33(29)17-5-10-26(35)30-14-7-16-32-15-6-11-27(32)36/h3-4,8-9,12-13,18H,5-7,10-11,14-17,19H2,1-2H3,(H,30,35). The van der Waals surface area contributed by atoms with Gasteiger partial charge in [0.25, 0.3) is 5.56 Å². The predicted octanol–water partition coefficient (Wildman–Crippen LogP) is 3.81. The molecule has 2 amide bonds. The number of carbonyl (C=O) groups excluding carboxylic acids is 3. The summed E-state index contributed by atoms with van der Waals surface area (Å²) in [6.45, 7) is 3.85. The highest BCUT2D eigenvalue weighted by Gasteiger charge is 2.19. The number of carbonyl (C=O) groups is 3. The first-order valence-electron chi connectivity index (χ1n) is 13.2. The van der Waals surface area contributed by atoms with Crippen LogP contribution in [0.4, 0.5) is 0 Å². The molecule has 9 nitrogen and oxygen atoms in total. The summed E-state index contributed by atoms with van der Waals surface area (Å²) in [5.41, 5.74) is 1.88. The molecule has 0 unspecified atom stereocenters. The van der Waals surface area contributed by atoms with Crippen molar-refractivity contribution in [2.24, 2.45) is 0 Å². The molecule has 1 aliphatic heterocycles. The van der Waals surface area contributed by atoms with Crippen molar-refractivity contribution in [3.63, 3.8) is 0 Å². The Balaban J connectivity index is 1.41. The topological polar surface area (TPSA) is 111 Å². The van der Waals surface area contributed by atoms with Gasteiger partial charge in [-0.15, -0.1) is 0 Å². The molecule has 0 aliphatic carbocycles. The number of para-hydroxylation sites is 1. The number of likely N-dealkylation sites (tertiary alicyclic amines) is 1. The molecule has 2 heterocycles. The number of ketones is 1. The Morgan fingerprint density at radius 3 is 2.67 bits per heavy atom. The number of Topliss-reactive ketones (excluding diaryl/α,β-unsaturated/α-hetero) is 1. The van der Waals surface area contributed by atoms with Gasteiger partial charge in [0, 0.05) is 55.9 Å². The summed E-state index contributed by atoms with van der Waals surface area (Å²) >= 11 is 1.39. The molecule has 10 heteroatoms. The fourth-order valence-corrected chi connectivity index (χ4v) is 5.64. The minimum absolute atomic E-state index is 0.0348. The zero-order valence-electron chi connectivity index (χ0n) is 22.4. The monoisotopic (exact) mass is 550 g/mol. The molecule has 206 valence electrons. The first-order chi connectivity index (χ1) is 18.9. The number of nitrogens with one attached hydrogen (secondary N) is 1. The van der Waals surface area contributed by atoms with Crippen LogP contribution in [0.25, 0.3) is 10.9 Å². The van der Waals surface area contributed by atoms with Gasteiger partial charge < -0.3 is 15.0 Å². The first-order valence-corrected chi connectivity index (χ1v) is 14.2. The third-order valence-electron chi connectivity index (χ3n) is 6.75. The molecule has 0 saturated carbocycles. The minimum Gasteiger partial charge on any atom is -0.496 e. The number of thioether (sulfide) groups is 1. The van der Waals surface area contributed by atoms with E-state index in [1.807, 2.05) is 29.2 Å². The van der Waals surface area contributed by atoms with Gasteiger partial charge in [-0.05, 0) is 56.5 Å². The van der Waals surface area contributed by atoms with Crippen LogP contribution in [0.5, 0.6) is 5.75 Å². The Bertz CT molecular complexity index is 1420. The lowest BCUT2D eigenvalue weighted by atomic mass is 10.1. The van der Waals surface area contributed by atoms with E-state index in [1.165, 1.54) is 18.7 Å². The van der Waals surface area contributed by atoms with Gasteiger partial charge in [0.15, 0.2) is 10.9 Å². The largest absolute Gasteiger partial charge is 0.496 e. The molecule has 1 saturated heterocycles. The van der Waals surface area contributed by atoms with Crippen LogP contribution in [0.2, 0.25) is 0 Å². The number of aromatic nitrogens is 2. The van der Waals surface area contributed by atoms with Crippen molar-refractivity contribution in [3.05, 3.63) is 63.9 Å². The lowest BCUT2D eigenvalue weighted by Gasteiger charge is -2.15. The van der Waals surface area contributed by atoms with Gasteiger partial charge in [-0.2, -0.15) is 0 Å². The zero-order chi connectivity index (χ0) is 27.8. The molecule has 1 aliphatic rings. The predicted molar refractivity (Wildman–Crippen MR) is 151 cm³/mol. The summed E-state index contributed by atoms with van der Waals surface area (Å²) in [4.78, 5) is 56.0. The van der Waals surface area contributed by atoms with Crippen molar-refractivity contribution < 1.29 is 19.1 Å². The lowest BCUT2D eigenvalue weighted by Crippen LogP contribution is -2.31. The van der Waals surface area contributed by atoms with Crippen molar-refractivity contribution >= 4 is 40.3 Å². The number of ether oxygens (including phenoxy) is 1. The van der Waals surface area contributed by atoms with E-state index in [-0.39, 0.29) is 29.6 Å². The summed E-state index contributed by atoms with van der Waals surface area (Å²) < 4.78 is 7.11. The van der Waals surface area contributed by atoms with E-state index in [2.05, 4.69) is 5.32 Å². The lowest BCUT2D eigenvalue weighted by molar-refractivity contribution is -0.127. The van der Waals surface area contributed by atoms with Gasteiger partial charge in [-0.3, -0.25) is 23.7 Å². The number of rotatable bonds is 13. The third kappa shape index (κ3) is 7.26. The molecule has 2 aromatic carbocycles. The Morgan fingerprint density at radius 1 is 1.10 bits per heavy atom. The molecule has 0 radical (unpaired) electrons. The zero-order valence-corrected chi connectivity index (χ0v) is 23.2. The van der Waals surface area contributed by atoms with Gasteiger partial charge in [0.2, 0.25) is 11.8 Å². The molecule has 1 fully saturated rings. The number of methoxy groups -OCH3 is 1. The van der Waals surface area contributed by atoms with Crippen LogP contribution in [0, 0.1) is 0 Å². The van der Waals surface area contributed by atoms with E-state index in [9.17, 15) is 19.2 Å². The third-order valence-corrected chi connectivity index (χ3v) is 7.78. The van der Waals surface area contributed by atoms with Gasteiger partial charge in [0.1, 0.15) is 5.75 Å². The smallest absolute Gasteiger partial charge is 0.262 e. The van der Waals surface area contributed by atoms with E-state index in [1.54, 1.807) is 29.9 Å².